The van der Waals surface area contributed by atoms with E-state index in [1.807, 2.05) is 32.4 Å². The molecular weight excluding hydrogens is 266 g/mol. The van der Waals surface area contributed by atoms with Gasteiger partial charge in [0, 0.05) is 24.5 Å². The van der Waals surface area contributed by atoms with E-state index in [1.165, 1.54) is 5.56 Å². The van der Waals surface area contributed by atoms with Crippen molar-refractivity contribution < 1.29 is 5.85 Å². The van der Waals surface area contributed by atoms with Crippen LogP contribution in [0.15, 0.2) is 35.6 Å². The number of aryl methyl sites for hydroxylation is 2. The summed E-state index contributed by atoms with van der Waals surface area (Å²) in [6.07, 6.45) is 3.79. The topological polar surface area (TPSA) is 39.4 Å². The zero-order valence-corrected chi connectivity index (χ0v) is 13.6. The fourth-order valence-corrected chi connectivity index (χ4v) is 2.49. The molecule has 20 heavy (non-hydrogen) atoms. The molecule has 0 amide bonds. The molecule has 2 aromatic rings. The van der Waals surface area contributed by atoms with Gasteiger partial charge >= 0.3 is 1.43 Å². The molecule has 0 fully saturated rings. The Hall–Kier alpha value is -1.88. The van der Waals surface area contributed by atoms with Gasteiger partial charge in [-0.05, 0) is 44.6 Å². The zero-order chi connectivity index (χ0) is 14.7. The number of benzene rings is 1. The normalized spacial score (nSPS) is 12.0. The zero-order valence-electron chi connectivity index (χ0n) is 13.6. The first kappa shape index (κ1) is 14.5. The molecule has 0 saturated carbocycles. The second-order valence-electron chi connectivity index (χ2n) is 5.08. The summed E-state index contributed by atoms with van der Waals surface area (Å²) in [5.41, 5.74) is 4.03. The number of hydrogen-bond acceptors (Lipinski definition) is 3. The van der Waals surface area contributed by atoms with Crippen molar-refractivity contribution in [1.29, 1.82) is 0 Å². The molecule has 1 aromatic heterocycles. The van der Waals surface area contributed by atoms with Crippen LogP contribution < -0.4 is 4.43 Å². The van der Waals surface area contributed by atoms with Gasteiger partial charge in [0.2, 0.25) is 0 Å². The highest BCUT2D eigenvalue weighted by molar-refractivity contribution is 6.49. The van der Waals surface area contributed by atoms with Gasteiger partial charge in [-0.1, -0.05) is 6.07 Å². The SMILES string of the molecule is CC(=Nc1cc(C)ccc1O[Si](C)C)c1cnn(C)c1.[H+]. The van der Waals surface area contributed by atoms with E-state index in [0.717, 1.165) is 22.7 Å². The fourth-order valence-electron chi connectivity index (χ4n) is 1.87. The molecule has 0 aliphatic heterocycles. The van der Waals surface area contributed by atoms with Crippen LogP contribution in [0, 0.1) is 6.92 Å². The largest absolute Gasteiger partial charge is 1.00 e. The molecule has 0 unspecified atom stereocenters. The maximum atomic E-state index is 5.92. The van der Waals surface area contributed by atoms with Crippen LogP contribution in [0.2, 0.25) is 13.1 Å². The van der Waals surface area contributed by atoms with E-state index < -0.39 is 9.04 Å². The highest BCUT2D eigenvalue weighted by Crippen LogP contribution is 2.29. The molecule has 0 bridgehead atoms. The van der Waals surface area contributed by atoms with Crippen LogP contribution in [0.5, 0.6) is 5.75 Å². The number of hydrogen-bond donors (Lipinski definition) is 0. The summed E-state index contributed by atoms with van der Waals surface area (Å²) in [5, 5.41) is 4.18. The lowest BCUT2D eigenvalue weighted by Gasteiger charge is -2.12. The van der Waals surface area contributed by atoms with Crippen LogP contribution in [-0.2, 0) is 7.05 Å². The molecule has 4 nitrogen and oxygen atoms in total. The van der Waals surface area contributed by atoms with Gasteiger partial charge in [-0.25, -0.2) is 4.99 Å². The molecule has 0 atom stereocenters. The van der Waals surface area contributed by atoms with Crippen LogP contribution in [0.1, 0.15) is 19.5 Å². The third kappa shape index (κ3) is 3.57. The Morgan fingerprint density at radius 2 is 2.15 bits per heavy atom. The molecule has 105 valence electrons. The average molecular weight is 287 g/mol. The number of aliphatic imine (C=N–C) groups is 1. The highest BCUT2D eigenvalue weighted by atomic mass is 28.3. The molecule has 2 rings (SSSR count). The number of aromatic nitrogens is 2. The quantitative estimate of drug-likeness (QED) is 0.636. The van der Waals surface area contributed by atoms with Crippen molar-refractivity contribution in [3.8, 4) is 5.75 Å². The fraction of sp³-hybridized carbons (Fsp3) is 0.333. The van der Waals surface area contributed by atoms with Crippen molar-refractivity contribution in [2.45, 2.75) is 26.9 Å². The summed E-state index contributed by atoms with van der Waals surface area (Å²) < 4.78 is 7.70. The maximum Gasteiger partial charge on any atom is 1.00 e. The van der Waals surface area contributed by atoms with Crippen LogP contribution in [0.3, 0.4) is 0 Å². The third-order valence-electron chi connectivity index (χ3n) is 2.84. The second kappa shape index (κ2) is 6.05. The van der Waals surface area contributed by atoms with Crippen molar-refractivity contribution in [3.63, 3.8) is 0 Å². The highest BCUT2D eigenvalue weighted by Gasteiger charge is 2.08. The summed E-state index contributed by atoms with van der Waals surface area (Å²) in [4.78, 5) is 4.71. The Kier molecular flexibility index (Phi) is 4.39. The summed E-state index contributed by atoms with van der Waals surface area (Å²) in [6, 6.07) is 6.11. The molecule has 0 aliphatic rings. The van der Waals surface area contributed by atoms with E-state index in [9.17, 15) is 0 Å². The lowest BCUT2D eigenvalue weighted by Crippen LogP contribution is -2.11. The minimum Gasteiger partial charge on any atom is -0.541 e. The smallest absolute Gasteiger partial charge is 0.541 e. The molecule has 0 spiro atoms. The Morgan fingerprint density at radius 1 is 1.40 bits per heavy atom. The summed E-state index contributed by atoms with van der Waals surface area (Å²) in [5.74, 6) is 0.859. The molecule has 1 heterocycles. The predicted molar refractivity (Wildman–Crippen MR) is 85.5 cm³/mol. The Morgan fingerprint density at radius 3 is 2.75 bits per heavy atom. The van der Waals surface area contributed by atoms with Gasteiger partial charge in [0.15, 0.2) is 0 Å². The molecule has 1 aromatic carbocycles. The van der Waals surface area contributed by atoms with Crippen molar-refractivity contribution in [2.75, 3.05) is 0 Å². The first-order valence-corrected chi connectivity index (χ1v) is 8.99. The van der Waals surface area contributed by atoms with E-state index in [1.54, 1.807) is 4.68 Å². The van der Waals surface area contributed by atoms with E-state index in [4.69, 9.17) is 9.42 Å². The van der Waals surface area contributed by atoms with E-state index in [0.29, 0.717) is 0 Å². The van der Waals surface area contributed by atoms with Crippen molar-refractivity contribution in [2.24, 2.45) is 12.0 Å². The Balaban J connectivity index is 0.00000220. The van der Waals surface area contributed by atoms with Crippen molar-refractivity contribution in [1.82, 2.24) is 9.78 Å². The summed E-state index contributed by atoms with van der Waals surface area (Å²) in [6.45, 7) is 8.29. The first-order chi connectivity index (χ1) is 9.45. The molecule has 5 heteroatoms. The second-order valence-corrected chi connectivity index (χ2v) is 7.10. The van der Waals surface area contributed by atoms with Gasteiger partial charge in [0.05, 0.1) is 6.20 Å². The molecular formula is C15H21N3OSi+. The molecule has 0 aliphatic carbocycles. The minimum absolute atomic E-state index is 0. The predicted octanol–water partition coefficient (Wildman–Crippen LogP) is 3.61. The minimum atomic E-state index is -0.803. The standard InChI is InChI=1S/C15H20N3OSi/c1-11-6-7-15(19-20(4)5)14(8-11)17-12(2)13-9-16-18(3)10-13/h6-10H,1-5H3/p+1. The lowest BCUT2D eigenvalue weighted by molar-refractivity contribution is 0.582. The molecule has 0 saturated heterocycles. The van der Waals surface area contributed by atoms with Gasteiger partial charge in [0.1, 0.15) is 11.4 Å². The van der Waals surface area contributed by atoms with Crippen molar-refractivity contribution >= 4 is 20.4 Å². The van der Waals surface area contributed by atoms with Crippen LogP contribution >= 0.6 is 0 Å². The number of rotatable bonds is 4. The van der Waals surface area contributed by atoms with Crippen molar-refractivity contribution in [3.05, 3.63) is 41.7 Å². The summed E-state index contributed by atoms with van der Waals surface area (Å²) in [7, 11) is 1.10. The van der Waals surface area contributed by atoms with E-state index in [-0.39, 0.29) is 1.43 Å². The first-order valence-electron chi connectivity index (χ1n) is 6.58. The Bertz CT molecular complexity index is 638. The van der Waals surface area contributed by atoms with E-state index >= 15 is 0 Å². The average Bonchev–Trinajstić information content (AvgIpc) is 2.79. The molecule has 1 radical (unpaired) electrons. The van der Waals surface area contributed by atoms with Gasteiger partial charge in [-0.3, -0.25) is 4.68 Å². The maximum absolute atomic E-state index is 5.92. The molecule has 0 N–H and O–H groups in total. The van der Waals surface area contributed by atoms with Gasteiger partial charge in [-0.2, -0.15) is 5.10 Å². The third-order valence-corrected chi connectivity index (χ3v) is 3.47. The van der Waals surface area contributed by atoms with E-state index in [2.05, 4.69) is 37.2 Å². The Labute approximate surface area is 123 Å². The van der Waals surface area contributed by atoms with Crippen LogP contribution in [0.4, 0.5) is 5.69 Å². The lowest BCUT2D eigenvalue weighted by atomic mass is 10.2. The van der Waals surface area contributed by atoms with Crippen LogP contribution in [0.25, 0.3) is 0 Å². The monoisotopic (exact) mass is 287 g/mol. The van der Waals surface area contributed by atoms with Crippen LogP contribution in [-0.4, -0.2) is 24.5 Å². The van der Waals surface area contributed by atoms with Gasteiger partial charge < -0.3 is 4.43 Å². The number of nitrogens with zero attached hydrogens (tertiary/aromatic N) is 3. The van der Waals surface area contributed by atoms with Gasteiger partial charge in [0.25, 0.3) is 9.04 Å². The summed E-state index contributed by atoms with van der Waals surface area (Å²) >= 11 is 0. The van der Waals surface area contributed by atoms with Gasteiger partial charge in [-0.15, -0.1) is 0 Å².